The quantitative estimate of drug-likeness (QED) is 0.416. The molecular formula is C16H16F4N8. The van der Waals surface area contributed by atoms with Crippen LogP contribution in [0.3, 0.4) is 0 Å². The summed E-state index contributed by atoms with van der Waals surface area (Å²) in [6.07, 6.45) is -2.02. The molecular weight excluding hydrogens is 380 g/mol. The topological polar surface area (TPSA) is 85.8 Å². The molecule has 3 rings (SSSR count). The SMILES string of the molecule is Cc1nn(C)cc1-c1cc(C(F)(F)F)nc(NN=Cc2c(C)nn(C)c2F)n1. The van der Waals surface area contributed by atoms with Gasteiger partial charge in [-0.25, -0.2) is 20.1 Å². The van der Waals surface area contributed by atoms with Crippen LogP contribution in [0.5, 0.6) is 0 Å². The number of nitrogens with zero attached hydrogens (tertiary/aromatic N) is 7. The van der Waals surface area contributed by atoms with Crippen LogP contribution in [0.25, 0.3) is 11.3 Å². The van der Waals surface area contributed by atoms with Crippen LogP contribution in [0.2, 0.25) is 0 Å². The van der Waals surface area contributed by atoms with Crippen LogP contribution in [0, 0.1) is 19.8 Å². The number of aryl methyl sites for hydroxylation is 4. The lowest BCUT2D eigenvalue weighted by molar-refractivity contribution is -0.141. The van der Waals surface area contributed by atoms with Gasteiger partial charge in [-0.3, -0.25) is 4.68 Å². The van der Waals surface area contributed by atoms with Crippen molar-refractivity contribution < 1.29 is 17.6 Å². The number of rotatable bonds is 4. The molecule has 0 aliphatic rings. The molecule has 0 atom stereocenters. The van der Waals surface area contributed by atoms with Gasteiger partial charge < -0.3 is 0 Å². The zero-order valence-corrected chi connectivity index (χ0v) is 15.4. The molecule has 3 aromatic heterocycles. The van der Waals surface area contributed by atoms with Crippen LogP contribution in [0.15, 0.2) is 17.4 Å². The number of hydrazone groups is 1. The zero-order chi connectivity index (χ0) is 20.6. The van der Waals surface area contributed by atoms with E-state index in [0.29, 0.717) is 17.0 Å². The summed E-state index contributed by atoms with van der Waals surface area (Å²) in [6.45, 7) is 3.23. The Hall–Kier alpha value is -3.31. The fraction of sp³-hybridized carbons (Fsp3) is 0.312. The Morgan fingerprint density at radius 2 is 1.82 bits per heavy atom. The standard InChI is InChI=1S/C16H16F4N8/c1-8-10(14(17)28(4)26-8)6-21-24-15-22-12(5-13(23-15)16(18,19)20)11-7-27(3)25-9(11)2/h5-7H,1-4H3,(H,22,23,24). The molecule has 0 spiro atoms. The van der Waals surface area contributed by atoms with Gasteiger partial charge in [0.2, 0.25) is 11.9 Å². The van der Waals surface area contributed by atoms with Gasteiger partial charge in [-0.1, -0.05) is 0 Å². The largest absolute Gasteiger partial charge is 0.433 e. The molecule has 3 aromatic rings. The summed E-state index contributed by atoms with van der Waals surface area (Å²) in [5.74, 6) is -1.01. The molecule has 8 nitrogen and oxygen atoms in total. The monoisotopic (exact) mass is 396 g/mol. The number of anilines is 1. The summed E-state index contributed by atoms with van der Waals surface area (Å²) in [6, 6.07) is 0.837. The van der Waals surface area contributed by atoms with Gasteiger partial charge in [0.1, 0.15) is 0 Å². The Labute approximate surface area is 156 Å². The van der Waals surface area contributed by atoms with E-state index in [1.54, 1.807) is 27.1 Å². The van der Waals surface area contributed by atoms with Gasteiger partial charge in [-0.15, -0.1) is 0 Å². The van der Waals surface area contributed by atoms with Crippen LogP contribution in [0.4, 0.5) is 23.5 Å². The molecule has 0 aliphatic carbocycles. The summed E-state index contributed by atoms with van der Waals surface area (Å²) in [5.41, 5.74) is 2.64. The van der Waals surface area contributed by atoms with Crippen LogP contribution in [-0.2, 0) is 20.3 Å². The lowest BCUT2D eigenvalue weighted by atomic mass is 10.1. The number of halogens is 4. The molecule has 148 valence electrons. The van der Waals surface area contributed by atoms with Crippen molar-refractivity contribution in [3.8, 4) is 11.3 Å². The summed E-state index contributed by atoms with van der Waals surface area (Å²) in [7, 11) is 3.07. The number of nitrogens with one attached hydrogen (secondary N) is 1. The highest BCUT2D eigenvalue weighted by Crippen LogP contribution is 2.31. The third-order valence-electron chi connectivity index (χ3n) is 3.86. The van der Waals surface area contributed by atoms with E-state index in [4.69, 9.17) is 0 Å². The molecule has 1 N–H and O–H groups in total. The molecule has 0 saturated carbocycles. The van der Waals surface area contributed by atoms with Gasteiger partial charge >= 0.3 is 6.18 Å². The van der Waals surface area contributed by atoms with Crippen molar-refractivity contribution in [3.05, 3.63) is 40.9 Å². The normalized spacial score (nSPS) is 12.1. The third-order valence-corrected chi connectivity index (χ3v) is 3.86. The lowest BCUT2D eigenvalue weighted by Gasteiger charge is -2.09. The molecule has 0 bridgehead atoms. The average molecular weight is 396 g/mol. The van der Waals surface area contributed by atoms with Gasteiger partial charge in [0.15, 0.2) is 5.69 Å². The average Bonchev–Trinajstić information content (AvgIpc) is 3.06. The van der Waals surface area contributed by atoms with Crippen LogP contribution < -0.4 is 5.43 Å². The number of hydrogen-bond acceptors (Lipinski definition) is 6. The first kappa shape index (κ1) is 19.5. The fourth-order valence-corrected chi connectivity index (χ4v) is 2.58. The van der Waals surface area contributed by atoms with Gasteiger partial charge in [0.05, 0.1) is 28.9 Å². The maximum Gasteiger partial charge on any atom is 0.433 e. The van der Waals surface area contributed by atoms with Crippen LogP contribution in [-0.4, -0.2) is 35.7 Å². The molecule has 28 heavy (non-hydrogen) atoms. The van der Waals surface area contributed by atoms with E-state index in [2.05, 4.69) is 30.7 Å². The van der Waals surface area contributed by atoms with Crippen molar-refractivity contribution in [3.63, 3.8) is 0 Å². The smallest absolute Gasteiger partial charge is 0.275 e. The van der Waals surface area contributed by atoms with E-state index in [-0.39, 0.29) is 17.2 Å². The molecule has 3 heterocycles. The Balaban J connectivity index is 1.97. The molecule has 12 heteroatoms. The maximum absolute atomic E-state index is 13.9. The van der Waals surface area contributed by atoms with Crippen molar-refractivity contribution >= 4 is 12.2 Å². The minimum Gasteiger partial charge on any atom is -0.275 e. The van der Waals surface area contributed by atoms with Crippen LogP contribution in [0.1, 0.15) is 22.6 Å². The summed E-state index contributed by atoms with van der Waals surface area (Å²) < 4.78 is 56.1. The van der Waals surface area contributed by atoms with E-state index >= 15 is 0 Å². The predicted molar refractivity (Wildman–Crippen MR) is 93.1 cm³/mol. The first-order valence-electron chi connectivity index (χ1n) is 8.01. The number of aromatic nitrogens is 6. The first-order valence-corrected chi connectivity index (χ1v) is 8.01. The Morgan fingerprint density at radius 1 is 1.11 bits per heavy atom. The summed E-state index contributed by atoms with van der Waals surface area (Å²) in [5, 5.41) is 11.7. The van der Waals surface area contributed by atoms with Gasteiger partial charge in [0, 0.05) is 25.9 Å². The minimum atomic E-state index is -4.68. The number of alkyl halides is 3. The van der Waals surface area contributed by atoms with E-state index < -0.39 is 17.8 Å². The Kier molecular flexibility index (Phi) is 4.87. The van der Waals surface area contributed by atoms with Gasteiger partial charge in [-0.2, -0.15) is 32.9 Å². The van der Waals surface area contributed by atoms with Crippen molar-refractivity contribution in [2.24, 2.45) is 19.2 Å². The Morgan fingerprint density at radius 3 is 2.36 bits per heavy atom. The summed E-state index contributed by atoms with van der Waals surface area (Å²) >= 11 is 0. The Bertz CT molecular complexity index is 1050. The van der Waals surface area contributed by atoms with E-state index in [0.717, 1.165) is 17.0 Å². The summed E-state index contributed by atoms with van der Waals surface area (Å²) in [4.78, 5) is 7.51. The van der Waals surface area contributed by atoms with E-state index in [1.807, 2.05) is 0 Å². The minimum absolute atomic E-state index is 0.0364. The van der Waals surface area contributed by atoms with Crippen molar-refractivity contribution in [1.29, 1.82) is 0 Å². The molecule has 0 radical (unpaired) electrons. The van der Waals surface area contributed by atoms with Crippen molar-refractivity contribution in [2.45, 2.75) is 20.0 Å². The van der Waals surface area contributed by atoms with Gasteiger partial charge in [0.25, 0.3) is 0 Å². The highest BCUT2D eigenvalue weighted by Gasteiger charge is 2.34. The van der Waals surface area contributed by atoms with E-state index in [9.17, 15) is 17.6 Å². The zero-order valence-electron chi connectivity index (χ0n) is 15.4. The molecule has 0 fully saturated rings. The van der Waals surface area contributed by atoms with Crippen molar-refractivity contribution in [2.75, 3.05) is 5.43 Å². The molecule has 0 saturated heterocycles. The lowest BCUT2D eigenvalue weighted by Crippen LogP contribution is -2.11. The highest BCUT2D eigenvalue weighted by atomic mass is 19.4. The van der Waals surface area contributed by atoms with Crippen molar-refractivity contribution in [1.82, 2.24) is 29.5 Å². The van der Waals surface area contributed by atoms with Crippen LogP contribution >= 0.6 is 0 Å². The number of hydrogen-bond donors (Lipinski definition) is 1. The highest BCUT2D eigenvalue weighted by molar-refractivity contribution is 5.81. The second kappa shape index (κ2) is 7.02. The third kappa shape index (κ3) is 3.85. The second-order valence-electron chi connectivity index (χ2n) is 6.05. The molecule has 0 amide bonds. The molecule has 0 unspecified atom stereocenters. The fourth-order valence-electron chi connectivity index (χ4n) is 2.58. The first-order chi connectivity index (χ1) is 13.1. The maximum atomic E-state index is 13.9. The van der Waals surface area contributed by atoms with Gasteiger partial charge in [-0.05, 0) is 19.9 Å². The predicted octanol–water partition coefficient (Wildman–Crippen LogP) is 2.83. The second-order valence-corrected chi connectivity index (χ2v) is 6.05. The molecule has 0 aromatic carbocycles. The van der Waals surface area contributed by atoms with E-state index in [1.165, 1.54) is 11.7 Å². The molecule has 0 aliphatic heterocycles.